The van der Waals surface area contributed by atoms with Gasteiger partial charge in [-0.1, -0.05) is 35.9 Å². The highest BCUT2D eigenvalue weighted by molar-refractivity contribution is 6.33. The Morgan fingerprint density at radius 1 is 1.21 bits per heavy atom. The molecule has 0 saturated heterocycles. The van der Waals surface area contributed by atoms with Crippen molar-refractivity contribution in [3.8, 4) is 5.69 Å². The molecule has 0 fully saturated rings. The summed E-state index contributed by atoms with van der Waals surface area (Å²) < 4.78 is 15.6. The summed E-state index contributed by atoms with van der Waals surface area (Å²) in [6, 6.07) is 13.8. The average Bonchev–Trinajstić information content (AvgIpc) is 3.04. The minimum atomic E-state index is -0.626. The molecule has 2 aromatic carbocycles. The van der Waals surface area contributed by atoms with Gasteiger partial charge in [-0.2, -0.15) is 5.10 Å². The van der Waals surface area contributed by atoms with Crippen molar-refractivity contribution in [3.63, 3.8) is 0 Å². The first-order chi connectivity index (χ1) is 11.6. The predicted octanol–water partition coefficient (Wildman–Crippen LogP) is 3.94. The van der Waals surface area contributed by atoms with E-state index in [1.165, 1.54) is 23.1 Å². The van der Waals surface area contributed by atoms with Crippen LogP contribution >= 0.6 is 11.6 Å². The van der Waals surface area contributed by atoms with Crippen molar-refractivity contribution in [2.24, 2.45) is 0 Å². The zero-order valence-corrected chi connectivity index (χ0v) is 13.7. The monoisotopic (exact) mass is 343 g/mol. The van der Waals surface area contributed by atoms with Crippen molar-refractivity contribution in [2.45, 2.75) is 6.54 Å². The molecule has 0 saturated carbocycles. The molecule has 0 radical (unpaired) electrons. The molecule has 4 nitrogen and oxygen atoms in total. The van der Waals surface area contributed by atoms with Crippen LogP contribution in [0.1, 0.15) is 15.9 Å². The molecule has 0 aliphatic carbocycles. The Morgan fingerprint density at radius 2 is 1.96 bits per heavy atom. The van der Waals surface area contributed by atoms with Gasteiger partial charge in [0.25, 0.3) is 5.91 Å². The Morgan fingerprint density at radius 3 is 2.67 bits per heavy atom. The fraction of sp³-hybridized carbons (Fsp3) is 0.111. The standard InChI is InChI=1S/C18H15ClFN3O/c1-22(18(24)17-15(19)8-5-9-16(17)20)11-13-10-21-23(12-13)14-6-3-2-4-7-14/h2-10,12H,11H2,1H3. The number of carbonyl (C=O) groups excluding carboxylic acids is 1. The Balaban J connectivity index is 1.77. The van der Waals surface area contributed by atoms with Crippen LogP contribution < -0.4 is 0 Å². The lowest BCUT2D eigenvalue weighted by molar-refractivity contribution is 0.0780. The van der Waals surface area contributed by atoms with Gasteiger partial charge in [0, 0.05) is 25.4 Å². The van der Waals surface area contributed by atoms with E-state index >= 15 is 0 Å². The summed E-state index contributed by atoms with van der Waals surface area (Å²) in [5.74, 6) is -1.09. The van der Waals surface area contributed by atoms with Crippen LogP contribution in [0, 0.1) is 5.82 Å². The second-order valence-electron chi connectivity index (χ2n) is 5.39. The van der Waals surface area contributed by atoms with Gasteiger partial charge >= 0.3 is 0 Å². The summed E-state index contributed by atoms with van der Waals surface area (Å²) in [5, 5.41) is 4.39. The van der Waals surface area contributed by atoms with Gasteiger partial charge in [0.05, 0.1) is 22.5 Å². The number of para-hydroxylation sites is 1. The zero-order chi connectivity index (χ0) is 17.1. The fourth-order valence-corrected chi connectivity index (χ4v) is 2.65. The van der Waals surface area contributed by atoms with E-state index < -0.39 is 11.7 Å². The molecule has 0 N–H and O–H groups in total. The van der Waals surface area contributed by atoms with Crippen LogP contribution in [-0.2, 0) is 6.54 Å². The minimum Gasteiger partial charge on any atom is -0.337 e. The second kappa shape index (κ2) is 6.84. The summed E-state index contributed by atoms with van der Waals surface area (Å²) >= 11 is 5.95. The summed E-state index contributed by atoms with van der Waals surface area (Å²) in [7, 11) is 1.60. The van der Waals surface area contributed by atoms with Gasteiger partial charge in [0.15, 0.2) is 0 Å². The van der Waals surface area contributed by atoms with Crippen molar-refractivity contribution >= 4 is 17.5 Å². The van der Waals surface area contributed by atoms with Gasteiger partial charge in [0.2, 0.25) is 0 Å². The fourth-order valence-electron chi connectivity index (χ4n) is 2.40. The van der Waals surface area contributed by atoms with Crippen LogP contribution in [0.2, 0.25) is 5.02 Å². The molecular formula is C18H15ClFN3O. The Kier molecular flexibility index (Phi) is 4.62. The molecule has 1 heterocycles. The van der Waals surface area contributed by atoms with Crippen molar-refractivity contribution in [2.75, 3.05) is 7.05 Å². The van der Waals surface area contributed by atoms with Gasteiger partial charge in [0.1, 0.15) is 5.82 Å². The minimum absolute atomic E-state index is 0.104. The zero-order valence-electron chi connectivity index (χ0n) is 13.0. The van der Waals surface area contributed by atoms with E-state index in [4.69, 9.17) is 11.6 Å². The van der Waals surface area contributed by atoms with Crippen molar-refractivity contribution < 1.29 is 9.18 Å². The smallest absolute Gasteiger partial charge is 0.258 e. The maximum atomic E-state index is 13.9. The number of aromatic nitrogens is 2. The highest BCUT2D eigenvalue weighted by Crippen LogP contribution is 2.21. The maximum Gasteiger partial charge on any atom is 0.258 e. The lowest BCUT2D eigenvalue weighted by Crippen LogP contribution is -2.27. The highest BCUT2D eigenvalue weighted by Gasteiger charge is 2.20. The first-order valence-electron chi connectivity index (χ1n) is 7.34. The van der Waals surface area contributed by atoms with Gasteiger partial charge in [-0.05, 0) is 24.3 Å². The Labute approximate surface area is 144 Å². The van der Waals surface area contributed by atoms with Crippen LogP contribution in [0.5, 0.6) is 0 Å². The number of amides is 1. The number of carbonyl (C=O) groups is 1. The van der Waals surface area contributed by atoms with Gasteiger partial charge in [-0.15, -0.1) is 0 Å². The van der Waals surface area contributed by atoms with E-state index in [0.29, 0.717) is 6.54 Å². The molecule has 0 bridgehead atoms. The lowest BCUT2D eigenvalue weighted by atomic mass is 10.2. The van der Waals surface area contributed by atoms with E-state index in [1.54, 1.807) is 17.9 Å². The molecular weight excluding hydrogens is 329 g/mol. The summed E-state index contributed by atoms with van der Waals surface area (Å²) in [5.41, 5.74) is 1.65. The Bertz CT molecular complexity index is 843. The summed E-state index contributed by atoms with van der Waals surface area (Å²) in [6.45, 7) is 0.302. The highest BCUT2D eigenvalue weighted by atomic mass is 35.5. The molecule has 0 spiro atoms. The summed E-state index contributed by atoms with van der Waals surface area (Å²) in [6.07, 6.45) is 3.52. The number of hydrogen-bond acceptors (Lipinski definition) is 2. The van der Waals surface area contributed by atoms with Crippen LogP contribution in [0.3, 0.4) is 0 Å². The van der Waals surface area contributed by atoms with E-state index in [-0.39, 0.29) is 10.6 Å². The van der Waals surface area contributed by atoms with E-state index in [2.05, 4.69) is 5.10 Å². The lowest BCUT2D eigenvalue weighted by Gasteiger charge is -2.17. The SMILES string of the molecule is CN(Cc1cnn(-c2ccccc2)c1)C(=O)c1c(F)cccc1Cl. The first kappa shape index (κ1) is 16.2. The molecule has 0 unspecified atom stereocenters. The average molecular weight is 344 g/mol. The van der Waals surface area contributed by atoms with Crippen LogP contribution in [0.15, 0.2) is 60.9 Å². The second-order valence-corrected chi connectivity index (χ2v) is 5.79. The molecule has 24 heavy (non-hydrogen) atoms. The predicted molar refractivity (Wildman–Crippen MR) is 90.8 cm³/mol. The van der Waals surface area contributed by atoms with Crippen LogP contribution in [-0.4, -0.2) is 27.6 Å². The van der Waals surface area contributed by atoms with Gasteiger partial charge < -0.3 is 4.90 Å². The Hall–Kier alpha value is -2.66. The quantitative estimate of drug-likeness (QED) is 0.719. The molecule has 1 amide bonds. The number of rotatable bonds is 4. The van der Waals surface area contributed by atoms with Crippen LogP contribution in [0.25, 0.3) is 5.69 Å². The van der Waals surface area contributed by atoms with Crippen molar-refractivity contribution in [3.05, 3.63) is 82.9 Å². The largest absolute Gasteiger partial charge is 0.337 e. The van der Waals surface area contributed by atoms with E-state index in [1.807, 2.05) is 36.5 Å². The topological polar surface area (TPSA) is 38.1 Å². The van der Waals surface area contributed by atoms with Crippen molar-refractivity contribution in [1.82, 2.24) is 14.7 Å². The molecule has 1 aromatic heterocycles. The molecule has 0 aliphatic heterocycles. The van der Waals surface area contributed by atoms with Crippen LogP contribution in [0.4, 0.5) is 4.39 Å². The maximum absolute atomic E-state index is 13.9. The normalized spacial score (nSPS) is 10.6. The number of nitrogens with zero attached hydrogens (tertiary/aromatic N) is 3. The van der Waals surface area contributed by atoms with Gasteiger partial charge in [-0.3, -0.25) is 4.79 Å². The van der Waals surface area contributed by atoms with E-state index in [9.17, 15) is 9.18 Å². The molecule has 0 atom stereocenters. The number of halogens is 2. The van der Waals surface area contributed by atoms with E-state index in [0.717, 1.165) is 11.3 Å². The van der Waals surface area contributed by atoms with Crippen molar-refractivity contribution in [1.29, 1.82) is 0 Å². The third-order valence-electron chi connectivity index (χ3n) is 3.60. The first-order valence-corrected chi connectivity index (χ1v) is 7.72. The third-order valence-corrected chi connectivity index (χ3v) is 3.91. The molecule has 122 valence electrons. The molecule has 6 heteroatoms. The third kappa shape index (κ3) is 3.31. The van der Waals surface area contributed by atoms with Gasteiger partial charge in [-0.25, -0.2) is 9.07 Å². The number of benzene rings is 2. The molecule has 3 aromatic rings. The molecule has 0 aliphatic rings. The summed E-state index contributed by atoms with van der Waals surface area (Å²) in [4.78, 5) is 13.9. The molecule has 3 rings (SSSR count). The number of hydrogen-bond donors (Lipinski definition) is 0.